The number of ether oxygens (including phenoxy) is 5. The molecule has 0 aromatic heterocycles. The predicted octanol–water partition coefficient (Wildman–Crippen LogP) is 2.46. The molecule has 2 fully saturated rings. The van der Waals surface area contributed by atoms with Crippen LogP contribution in [0.2, 0.25) is 0 Å². The van der Waals surface area contributed by atoms with E-state index in [9.17, 15) is 4.79 Å². The second-order valence-electron chi connectivity index (χ2n) is 6.80. The second-order valence-corrected chi connectivity index (χ2v) is 6.80. The van der Waals surface area contributed by atoms with E-state index in [2.05, 4.69) is 6.58 Å². The van der Waals surface area contributed by atoms with E-state index in [0.717, 1.165) is 6.42 Å². The van der Waals surface area contributed by atoms with Gasteiger partial charge in [-0.05, 0) is 27.2 Å². The smallest absolute Gasteiger partial charge is 0.308 e. The Hall–Kier alpha value is -0.950. The molecule has 0 spiro atoms. The van der Waals surface area contributed by atoms with Gasteiger partial charge in [0.2, 0.25) is 0 Å². The van der Waals surface area contributed by atoms with Gasteiger partial charge in [-0.2, -0.15) is 0 Å². The molecule has 6 nitrogen and oxygen atoms in total. The monoisotopic (exact) mass is 342 g/mol. The van der Waals surface area contributed by atoms with Crippen molar-refractivity contribution in [2.45, 2.75) is 70.2 Å². The normalized spacial score (nSPS) is 35.1. The van der Waals surface area contributed by atoms with Crippen LogP contribution in [0.4, 0.5) is 0 Å². The Morgan fingerprint density at radius 2 is 2.12 bits per heavy atom. The van der Waals surface area contributed by atoms with Crippen molar-refractivity contribution in [3.63, 3.8) is 0 Å². The molecule has 2 saturated heterocycles. The highest BCUT2D eigenvalue weighted by Gasteiger charge is 2.47. The first-order valence-electron chi connectivity index (χ1n) is 8.66. The minimum Gasteiger partial charge on any atom is -0.466 e. The third-order valence-corrected chi connectivity index (χ3v) is 4.56. The zero-order valence-corrected chi connectivity index (χ0v) is 15.2. The van der Waals surface area contributed by atoms with Crippen molar-refractivity contribution in [3.8, 4) is 0 Å². The molecule has 0 N–H and O–H groups in total. The Balaban J connectivity index is 2.02. The van der Waals surface area contributed by atoms with E-state index in [1.807, 2.05) is 19.9 Å². The topological polar surface area (TPSA) is 63.2 Å². The first-order valence-corrected chi connectivity index (χ1v) is 8.66. The van der Waals surface area contributed by atoms with Gasteiger partial charge in [-0.1, -0.05) is 6.08 Å². The van der Waals surface area contributed by atoms with Gasteiger partial charge in [0.15, 0.2) is 5.79 Å². The van der Waals surface area contributed by atoms with Gasteiger partial charge < -0.3 is 23.7 Å². The highest BCUT2D eigenvalue weighted by atomic mass is 16.7. The minimum atomic E-state index is -0.559. The summed E-state index contributed by atoms with van der Waals surface area (Å²) >= 11 is 0. The second kappa shape index (κ2) is 8.43. The van der Waals surface area contributed by atoms with E-state index in [-0.39, 0.29) is 42.7 Å². The van der Waals surface area contributed by atoms with Crippen LogP contribution < -0.4 is 0 Å². The number of carbonyl (C=O) groups excluding carboxylic acids is 1. The maximum atomic E-state index is 11.9. The summed E-state index contributed by atoms with van der Waals surface area (Å²) in [7, 11) is 1.68. The molecule has 138 valence electrons. The SMILES string of the molecule is C=CC[C@@H]1[C@@H](OC)[C@@H](C[C@H]2COC(C)(C)O2)O[C@H]1CC(=O)OCC. The highest BCUT2D eigenvalue weighted by molar-refractivity contribution is 5.70. The van der Waals surface area contributed by atoms with Crippen molar-refractivity contribution in [2.24, 2.45) is 5.92 Å². The third kappa shape index (κ3) is 4.79. The minimum absolute atomic E-state index is 0.0339. The lowest BCUT2D eigenvalue weighted by Crippen LogP contribution is -2.33. The van der Waals surface area contributed by atoms with Crippen LogP contribution in [-0.4, -0.2) is 56.5 Å². The van der Waals surface area contributed by atoms with Crippen LogP contribution >= 0.6 is 0 Å². The van der Waals surface area contributed by atoms with Crippen LogP contribution in [-0.2, 0) is 28.5 Å². The van der Waals surface area contributed by atoms with Crippen molar-refractivity contribution in [2.75, 3.05) is 20.3 Å². The lowest BCUT2D eigenvalue weighted by Gasteiger charge is -2.23. The molecular formula is C18H30O6. The summed E-state index contributed by atoms with van der Waals surface area (Å²) in [5, 5.41) is 0. The molecule has 0 amide bonds. The molecule has 0 bridgehead atoms. The van der Waals surface area contributed by atoms with Gasteiger partial charge in [0.05, 0.1) is 44.1 Å². The highest BCUT2D eigenvalue weighted by Crippen LogP contribution is 2.37. The molecule has 2 aliphatic heterocycles. The summed E-state index contributed by atoms with van der Waals surface area (Å²) in [6.07, 6.45) is 2.98. The number of rotatable bonds is 8. The molecule has 2 rings (SSSR count). The van der Waals surface area contributed by atoms with Crippen LogP contribution in [0.1, 0.15) is 40.0 Å². The van der Waals surface area contributed by atoms with Crippen LogP contribution in [0.15, 0.2) is 12.7 Å². The summed E-state index contributed by atoms with van der Waals surface area (Å²) in [6, 6.07) is 0. The quantitative estimate of drug-likeness (QED) is 0.499. The van der Waals surface area contributed by atoms with Crippen molar-refractivity contribution >= 4 is 5.97 Å². The molecule has 0 aliphatic carbocycles. The number of carbonyl (C=O) groups is 1. The van der Waals surface area contributed by atoms with Gasteiger partial charge >= 0.3 is 5.97 Å². The average molecular weight is 342 g/mol. The Morgan fingerprint density at radius 3 is 2.67 bits per heavy atom. The average Bonchev–Trinajstić information content (AvgIpc) is 3.00. The molecule has 2 heterocycles. The van der Waals surface area contributed by atoms with E-state index in [1.54, 1.807) is 14.0 Å². The first kappa shape index (κ1) is 19.4. The molecule has 24 heavy (non-hydrogen) atoms. The Labute approximate surface area is 144 Å². The fourth-order valence-electron chi connectivity index (χ4n) is 3.61. The van der Waals surface area contributed by atoms with E-state index >= 15 is 0 Å². The summed E-state index contributed by atoms with van der Waals surface area (Å²) in [6.45, 7) is 10.3. The number of methoxy groups -OCH3 is 1. The summed E-state index contributed by atoms with van der Waals surface area (Å²) < 4.78 is 28.4. The lowest BCUT2D eigenvalue weighted by molar-refractivity contribution is -0.148. The molecule has 0 unspecified atom stereocenters. The third-order valence-electron chi connectivity index (χ3n) is 4.56. The van der Waals surface area contributed by atoms with E-state index < -0.39 is 5.79 Å². The van der Waals surface area contributed by atoms with Crippen LogP contribution in [0.25, 0.3) is 0 Å². The van der Waals surface area contributed by atoms with Crippen LogP contribution in [0.3, 0.4) is 0 Å². The molecular weight excluding hydrogens is 312 g/mol. The summed E-state index contributed by atoms with van der Waals surface area (Å²) in [5.74, 6) is -0.720. The number of esters is 1. The zero-order valence-electron chi connectivity index (χ0n) is 15.2. The van der Waals surface area contributed by atoms with Gasteiger partial charge in [-0.25, -0.2) is 0 Å². The van der Waals surface area contributed by atoms with Crippen LogP contribution in [0.5, 0.6) is 0 Å². The van der Waals surface area contributed by atoms with E-state index in [4.69, 9.17) is 23.7 Å². The van der Waals surface area contributed by atoms with Crippen molar-refractivity contribution in [3.05, 3.63) is 12.7 Å². The fourth-order valence-corrected chi connectivity index (χ4v) is 3.61. The maximum absolute atomic E-state index is 11.9. The van der Waals surface area contributed by atoms with Crippen LogP contribution in [0, 0.1) is 5.92 Å². The standard InChI is InChI=1S/C18H30O6/c1-6-8-13-14(10-16(19)21-7-2)23-15(17(13)20-5)9-12-11-22-18(3,4)24-12/h6,12-15,17H,1,7-11H2,2-5H3/t12-,13-,14-,15+,17+/m0/s1. The van der Waals surface area contributed by atoms with Gasteiger partial charge in [0, 0.05) is 19.4 Å². The predicted molar refractivity (Wildman–Crippen MR) is 88.5 cm³/mol. The van der Waals surface area contributed by atoms with Crippen molar-refractivity contribution < 1.29 is 28.5 Å². The van der Waals surface area contributed by atoms with Crippen molar-refractivity contribution in [1.29, 1.82) is 0 Å². The van der Waals surface area contributed by atoms with Crippen molar-refractivity contribution in [1.82, 2.24) is 0 Å². The lowest BCUT2D eigenvalue weighted by atomic mass is 9.89. The summed E-state index contributed by atoms with van der Waals surface area (Å²) in [4.78, 5) is 11.9. The molecule has 5 atom stereocenters. The number of hydrogen-bond donors (Lipinski definition) is 0. The number of hydrogen-bond acceptors (Lipinski definition) is 6. The summed E-state index contributed by atoms with van der Waals surface area (Å²) in [5.41, 5.74) is 0. The molecule has 6 heteroatoms. The number of allylic oxidation sites excluding steroid dienone is 1. The largest absolute Gasteiger partial charge is 0.466 e. The van der Waals surface area contributed by atoms with E-state index in [1.165, 1.54) is 0 Å². The maximum Gasteiger partial charge on any atom is 0.308 e. The first-order chi connectivity index (χ1) is 11.4. The molecule has 0 aromatic rings. The van der Waals surface area contributed by atoms with Gasteiger partial charge in [0.25, 0.3) is 0 Å². The zero-order chi connectivity index (χ0) is 17.7. The molecule has 2 aliphatic rings. The molecule has 0 radical (unpaired) electrons. The molecule has 0 aromatic carbocycles. The molecule has 0 saturated carbocycles. The van der Waals surface area contributed by atoms with Gasteiger partial charge in [-0.3, -0.25) is 4.79 Å². The Morgan fingerprint density at radius 1 is 1.38 bits per heavy atom. The van der Waals surface area contributed by atoms with Gasteiger partial charge in [-0.15, -0.1) is 6.58 Å². The fraction of sp³-hybridized carbons (Fsp3) is 0.833. The van der Waals surface area contributed by atoms with Gasteiger partial charge in [0.1, 0.15) is 0 Å². The Bertz CT molecular complexity index is 435. The Kier molecular flexibility index (Phi) is 6.80. The van der Waals surface area contributed by atoms with E-state index in [0.29, 0.717) is 19.6 Å².